The fourth-order valence-electron chi connectivity index (χ4n) is 3.20. The molecule has 142 valence electrons. The summed E-state index contributed by atoms with van der Waals surface area (Å²) in [6.07, 6.45) is 4.51. The number of aromatic nitrogens is 2. The van der Waals surface area contributed by atoms with E-state index in [1.54, 1.807) is 0 Å². The largest absolute Gasteiger partial charge is 0.370 e. The topological polar surface area (TPSA) is 162 Å². The second kappa shape index (κ2) is 8.30. The predicted octanol–water partition coefficient (Wildman–Crippen LogP) is 0.234. The maximum atomic E-state index is 12.5. The molecule has 0 saturated carbocycles. The van der Waals surface area contributed by atoms with Gasteiger partial charge in [0.15, 0.2) is 5.96 Å². The van der Waals surface area contributed by atoms with Crippen LogP contribution in [0.2, 0.25) is 0 Å². The smallest absolute Gasteiger partial charge is 0.316 e. The lowest BCUT2D eigenvalue weighted by Gasteiger charge is -2.29. The quantitative estimate of drug-likeness (QED) is 0.341. The molecule has 1 heterocycles. The first-order valence-electron chi connectivity index (χ1n) is 8.59. The molecule has 10 nitrogen and oxygen atoms in total. The van der Waals surface area contributed by atoms with Crippen molar-refractivity contribution in [2.45, 2.75) is 37.8 Å². The Kier molecular flexibility index (Phi) is 5.64. The van der Waals surface area contributed by atoms with E-state index in [1.807, 2.05) is 24.3 Å². The molecule has 1 aliphatic rings. The molecule has 1 aromatic carbocycles. The Labute approximate surface area is 155 Å². The molecule has 0 unspecified atom stereocenters. The summed E-state index contributed by atoms with van der Waals surface area (Å²) in [5.74, 6) is -1.89. The van der Waals surface area contributed by atoms with Crippen molar-refractivity contribution in [3.8, 4) is 0 Å². The first-order chi connectivity index (χ1) is 13.0. The molecule has 0 aliphatic heterocycles. The van der Waals surface area contributed by atoms with E-state index in [-0.39, 0.29) is 17.9 Å². The van der Waals surface area contributed by atoms with Gasteiger partial charge in [0.25, 0.3) is 5.95 Å². The van der Waals surface area contributed by atoms with Crippen molar-refractivity contribution < 1.29 is 14.1 Å². The molecule has 0 spiro atoms. The molecule has 6 N–H and O–H groups in total. The number of nitrogens with one attached hydrogen (secondary N) is 2. The van der Waals surface area contributed by atoms with Gasteiger partial charge in [-0.3, -0.25) is 14.9 Å². The minimum atomic E-state index is -0.903. The number of rotatable bonds is 3. The Morgan fingerprint density at radius 1 is 1.19 bits per heavy atom. The van der Waals surface area contributed by atoms with Crippen molar-refractivity contribution in [3.05, 3.63) is 41.8 Å². The van der Waals surface area contributed by atoms with Crippen LogP contribution in [0.15, 0.2) is 40.2 Å². The molecular weight excluding hydrogens is 350 g/mol. The third kappa shape index (κ3) is 4.60. The highest BCUT2D eigenvalue weighted by Gasteiger charge is 2.30. The summed E-state index contributed by atoms with van der Waals surface area (Å²) in [6.45, 7) is 0. The fourth-order valence-corrected chi connectivity index (χ4v) is 3.20. The number of anilines is 1. The van der Waals surface area contributed by atoms with Crippen LogP contribution in [-0.2, 0) is 16.0 Å². The minimum Gasteiger partial charge on any atom is -0.370 e. The Balaban J connectivity index is 1.86. The third-order valence-corrected chi connectivity index (χ3v) is 4.37. The van der Waals surface area contributed by atoms with E-state index in [1.165, 1.54) is 0 Å². The normalized spacial score (nSPS) is 19.1. The van der Waals surface area contributed by atoms with Gasteiger partial charge in [0, 0.05) is 0 Å². The predicted molar refractivity (Wildman–Crippen MR) is 97.4 cm³/mol. The molecular formula is C17H21N7O3. The van der Waals surface area contributed by atoms with Crippen molar-refractivity contribution >= 4 is 23.7 Å². The van der Waals surface area contributed by atoms with E-state index in [4.69, 9.17) is 11.5 Å². The van der Waals surface area contributed by atoms with Gasteiger partial charge in [-0.15, -0.1) is 0 Å². The summed E-state index contributed by atoms with van der Waals surface area (Å²) in [7, 11) is 0. The number of amides is 2. The Bertz CT molecular complexity index is 831. The van der Waals surface area contributed by atoms with Crippen LogP contribution in [0.25, 0.3) is 0 Å². The molecule has 1 aliphatic carbocycles. The number of nitrogens with zero attached hydrogens (tertiary/aromatic N) is 3. The lowest BCUT2D eigenvalue weighted by atomic mass is 9.86. The molecule has 1 aromatic heterocycles. The number of aryl methyl sites for hydroxylation is 1. The van der Waals surface area contributed by atoms with Crippen LogP contribution in [0.3, 0.4) is 0 Å². The van der Waals surface area contributed by atoms with Gasteiger partial charge in [-0.05, 0) is 35.5 Å². The summed E-state index contributed by atoms with van der Waals surface area (Å²) >= 11 is 0. The highest BCUT2D eigenvalue weighted by atomic mass is 16.5. The molecule has 2 amide bonds. The monoisotopic (exact) mass is 371 g/mol. The summed E-state index contributed by atoms with van der Waals surface area (Å²) < 4.78 is 4.53. The van der Waals surface area contributed by atoms with Gasteiger partial charge in [0.05, 0.1) is 12.1 Å². The molecule has 10 heteroatoms. The first-order valence-corrected chi connectivity index (χ1v) is 8.59. The van der Waals surface area contributed by atoms with Gasteiger partial charge in [0.2, 0.25) is 6.39 Å². The number of benzene rings is 1. The van der Waals surface area contributed by atoms with Crippen LogP contribution in [0.1, 0.15) is 36.4 Å². The lowest BCUT2D eigenvalue weighted by Crippen LogP contribution is -2.43. The zero-order chi connectivity index (χ0) is 19.2. The van der Waals surface area contributed by atoms with Crippen LogP contribution < -0.4 is 22.1 Å². The average molecular weight is 371 g/mol. The van der Waals surface area contributed by atoms with Crippen molar-refractivity contribution in [1.82, 2.24) is 15.5 Å². The van der Waals surface area contributed by atoms with Gasteiger partial charge >= 0.3 is 11.8 Å². The molecule has 0 fully saturated rings. The van der Waals surface area contributed by atoms with Crippen LogP contribution in [0.4, 0.5) is 5.95 Å². The molecule has 27 heavy (non-hydrogen) atoms. The number of aliphatic imine (C=N–C) groups is 1. The highest BCUT2D eigenvalue weighted by Crippen LogP contribution is 2.30. The standard InChI is InChI=1S/C17H21N7O3/c18-16(19)21-12-8-4-2-6-10-5-1-3-7-11(10)13(12)22-14(25)15(26)23-17-20-9-27-24-17/h1,3,5,7,9,12-13H,2,4,6,8H2,(H,22,25)(H4,18,19,21)(H,23,24,26)/t12-,13-/m0/s1. The highest BCUT2D eigenvalue weighted by molar-refractivity contribution is 6.39. The third-order valence-electron chi connectivity index (χ3n) is 4.37. The molecule has 2 atom stereocenters. The summed E-state index contributed by atoms with van der Waals surface area (Å²) in [4.78, 5) is 32.6. The molecule has 0 radical (unpaired) electrons. The number of guanidine groups is 1. The van der Waals surface area contributed by atoms with Crippen LogP contribution in [0.5, 0.6) is 0 Å². The maximum Gasteiger partial charge on any atom is 0.316 e. The van der Waals surface area contributed by atoms with Crippen LogP contribution in [0, 0.1) is 0 Å². The van der Waals surface area contributed by atoms with Gasteiger partial charge in [0.1, 0.15) is 0 Å². The Morgan fingerprint density at radius 3 is 2.74 bits per heavy atom. The second-order valence-corrected chi connectivity index (χ2v) is 6.23. The van der Waals surface area contributed by atoms with Crippen molar-refractivity contribution in [1.29, 1.82) is 0 Å². The van der Waals surface area contributed by atoms with Gasteiger partial charge in [-0.25, -0.2) is 4.99 Å². The summed E-state index contributed by atoms with van der Waals surface area (Å²) in [6, 6.07) is 6.83. The Morgan fingerprint density at radius 2 is 2.00 bits per heavy atom. The van der Waals surface area contributed by atoms with E-state index in [9.17, 15) is 9.59 Å². The number of nitrogens with two attached hydrogens (primary N) is 2. The fraction of sp³-hybridized carbons (Fsp3) is 0.353. The van der Waals surface area contributed by atoms with E-state index in [0.717, 1.165) is 36.8 Å². The average Bonchev–Trinajstić information content (AvgIpc) is 3.14. The van der Waals surface area contributed by atoms with Crippen molar-refractivity contribution in [2.24, 2.45) is 16.5 Å². The second-order valence-electron chi connectivity index (χ2n) is 6.23. The maximum absolute atomic E-state index is 12.5. The number of carbonyl (C=O) groups is 2. The molecule has 3 rings (SSSR count). The minimum absolute atomic E-state index is 0.0615. The molecule has 0 saturated heterocycles. The van der Waals surface area contributed by atoms with Gasteiger partial charge < -0.3 is 21.3 Å². The van der Waals surface area contributed by atoms with Crippen molar-refractivity contribution in [3.63, 3.8) is 0 Å². The zero-order valence-corrected chi connectivity index (χ0v) is 14.6. The van der Waals surface area contributed by atoms with Crippen LogP contribution >= 0.6 is 0 Å². The number of fused-ring (bicyclic) bond motifs is 1. The first kappa shape index (κ1) is 18.4. The zero-order valence-electron chi connectivity index (χ0n) is 14.6. The van der Waals surface area contributed by atoms with Crippen LogP contribution in [-0.4, -0.2) is 34.0 Å². The lowest BCUT2D eigenvalue weighted by molar-refractivity contribution is -0.136. The SMILES string of the molecule is NC(N)=N[C@H]1CCCCc2ccccc2[C@@H]1NC(=O)C(=O)Nc1ncon1. The van der Waals surface area contributed by atoms with E-state index in [2.05, 4.69) is 30.3 Å². The number of carbonyl (C=O) groups excluding carboxylic acids is 2. The van der Waals surface area contributed by atoms with Gasteiger partial charge in [-0.1, -0.05) is 30.7 Å². The summed E-state index contributed by atoms with van der Waals surface area (Å²) in [5.41, 5.74) is 13.2. The number of hydrogen-bond donors (Lipinski definition) is 4. The molecule has 2 aromatic rings. The Hall–Kier alpha value is -3.43. The molecule has 0 bridgehead atoms. The van der Waals surface area contributed by atoms with E-state index in [0.29, 0.717) is 6.42 Å². The van der Waals surface area contributed by atoms with Crippen molar-refractivity contribution in [2.75, 3.05) is 5.32 Å². The van der Waals surface area contributed by atoms with Gasteiger partial charge in [-0.2, -0.15) is 4.98 Å². The van der Waals surface area contributed by atoms with E-state index >= 15 is 0 Å². The summed E-state index contributed by atoms with van der Waals surface area (Å²) in [5, 5.41) is 8.47. The number of hydrogen-bond acceptors (Lipinski definition) is 6. The van der Waals surface area contributed by atoms with E-state index < -0.39 is 17.9 Å².